The summed E-state index contributed by atoms with van der Waals surface area (Å²) in [5.74, 6) is 0.375. The van der Waals surface area contributed by atoms with Crippen LogP contribution < -0.4 is 4.74 Å². The van der Waals surface area contributed by atoms with Gasteiger partial charge in [0, 0.05) is 19.4 Å². The highest BCUT2D eigenvalue weighted by Crippen LogP contribution is 2.61. The van der Waals surface area contributed by atoms with Crippen LogP contribution in [0.3, 0.4) is 0 Å². The second-order valence-corrected chi connectivity index (χ2v) is 8.63. The normalized spacial score (nSPS) is 32.9. The number of benzene rings is 1. The number of rotatable bonds is 10. The average molecular weight is 419 g/mol. The molecule has 30 heavy (non-hydrogen) atoms. The van der Waals surface area contributed by atoms with Gasteiger partial charge in [0.25, 0.3) is 0 Å². The minimum atomic E-state index is -0.800. The lowest BCUT2D eigenvalue weighted by molar-refractivity contribution is -0.177. The van der Waals surface area contributed by atoms with Gasteiger partial charge in [-0.15, -0.1) is 0 Å². The van der Waals surface area contributed by atoms with E-state index in [9.17, 15) is 15.0 Å². The van der Waals surface area contributed by atoms with Crippen LogP contribution in [-0.4, -0.2) is 52.8 Å². The van der Waals surface area contributed by atoms with Crippen molar-refractivity contribution in [2.45, 2.75) is 63.3 Å². The Labute approximate surface area is 178 Å². The van der Waals surface area contributed by atoms with E-state index in [1.807, 2.05) is 36.4 Å². The van der Waals surface area contributed by atoms with E-state index in [2.05, 4.69) is 6.92 Å². The summed E-state index contributed by atoms with van der Waals surface area (Å²) in [6.45, 7) is 2.36. The van der Waals surface area contributed by atoms with E-state index in [1.165, 1.54) is 5.57 Å². The molecular weight excluding hydrogens is 384 g/mol. The number of aliphatic hydroxyl groups is 2. The number of carboxylic acids is 1. The minimum absolute atomic E-state index is 0.0386. The van der Waals surface area contributed by atoms with Crippen molar-refractivity contribution in [3.8, 4) is 5.75 Å². The Balaban J connectivity index is 1.60. The fourth-order valence-corrected chi connectivity index (χ4v) is 5.54. The highest BCUT2D eigenvalue weighted by Gasteiger charge is 2.62. The molecule has 1 aromatic rings. The molecular formula is C24H34O6. The standard InChI is InChI=1S/C24H34O6/c1-16-20(9-6-10-22(27)28)24(29-2)14-13-21(26)19(23(16)24)12-11-17(25)15-30-18-7-4-3-5-8-18/h3-5,7-9,16-17,19,21,23,25-26H,6,10-15H2,1-2H3,(H,27,28)/t16?,17?,19-,21+,23+,24-/m1/s1. The summed E-state index contributed by atoms with van der Waals surface area (Å²) in [6, 6.07) is 9.42. The molecule has 0 aromatic heterocycles. The predicted octanol–water partition coefficient (Wildman–Crippen LogP) is 3.42. The maximum Gasteiger partial charge on any atom is 0.303 e. The monoisotopic (exact) mass is 418 g/mol. The number of carboxylic acid groups (broad SMARTS) is 1. The molecule has 0 amide bonds. The molecule has 6 heteroatoms. The van der Waals surface area contributed by atoms with Crippen molar-refractivity contribution in [1.82, 2.24) is 0 Å². The summed E-state index contributed by atoms with van der Waals surface area (Å²) in [5, 5.41) is 30.0. The fourth-order valence-electron chi connectivity index (χ4n) is 5.54. The first kappa shape index (κ1) is 22.8. The predicted molar refractivity (Wildman–Crippen MR) is 113 cm³/mol. The van der Waals surface area contributed by atoms with Crippen LogP contribution in [0.1, 0.15) is 45.4 Å². The van der Waals surface area contributed by atoms with Crippen LogP contribution in [0.2, 0.25) is 0 Å². The molecule has 0 spiro atoms. The van der Waals surface area contributed by atoms with Gasteiger partial charge < -0.3 is 24.8 Å². The van der Waals surface area contributed by atoms with E-state index in [1.54, 1.807) is 7.11 Å². The zero-order valence-corrected chi connectivity index (χ0v) is 17.9. The maximum atomic E-state index is 10.9. The second kappa shape index (κ2) is 9.94. The van der Waals surface area contributed by atoms with Crippen LogP contribution in [0.25, 0.3) is 0 Å². The lowest BCUT2D eigenvalue weighted by atomic mass is 9.47. The number of para-hydroxylation sites is 1. The average Bonchev–Trinajstić information content (AvgIpc) is 2.74. The van der Waals surface area contributed by atoms with Gasteiger partial charge >= 0.3 is 5.97 Å². The third-order valence-electron chi connectivity index (χ3n) is 6.93. The molecule has 3 rings (SSSR count). The molecule has 0 bridgehead atoms. The first-order chi connectivity index (χ1) is 14.4. The zero-order chi connectivity index (χ0) is 21.7. The summed E-state index contributed by atoms with van der Waals surface area (Å²) in [5.41, 5.74) is 0.758. The molecule has 3 N–H and O–H groups in total. The van der Waals surface area contributed by atoms with Crippen LogP contribution >= 0.6 is 0 Å². The molecule has 0 heterocycles. The quantitative estimate of drug-likeness (QED) is 0.504. The third kappa shape index (κ3) is 4.71. The van der Waals surface area contributed by atoms with Crippen molar-refractivity contribution in [2.75, 3.05) is 13.7 Å². The molecule has 0 saturated heterocycles. The van der Waals surface area contributed by atoms with Gasteiger partial charge in [-0.2, -0.15) is 0 Å². The number of fused-ring (bicyclic) bond motifs is 1. The van der Waals surface area contributed by atoms with Crippen molar-refractivity contribution >= 4 is 5.97 Å². The Morgan fingerprint density at radius 3 is 2.73 bits per heavy atom. The summed E-state index contributed by atoms with van der Waals surface area (Å²) >= 11 is 0. The summed E-state index contributed by atoms with van der Waals surface area (Å²) < 4.78 is 11.6. The molecule has 6 nitrogen and oxygen atoms in total. The topological polar surface area (TPSA) is 96.2 Å². The van der Waals surface area contributed by atoms with Gasteiger partial charge in [-0.3, -0.25) is 4.79 Å². The van der Waals surface area contributed by atoms with Crippen molar-refractivity contribution in [3.63, 3.8) is 0 Å². The molecule has 2 aliphatic rings. The van der Waals surface area contributed by atoms with Gasteiger partial charge in [0.1, 0.15) is 12.4 Å². The smallest absolute Gasteiger partial charge is 0.303 e. The summed E-state index contributed by atoms with van der Waals surface area (Å²) in [7, 11) is 1.71. The Hall–Kier alpha value is -1.89. The highest BCUT2D eigenvalue weighted by atomic mass is 16.5. The number of methoxy groups -OCH3 is 1. The molecule has 2 fully saturated rings. The lowest BCUT2D eigenvalue weighted by Gasteiger charge is -2.62. The van der Waals surface area contributed by atoms with Crippen LogP contribution in [0.4, 0.5) is 0 Å². The molecule has 2 aliphatic carbocycles. The molecule has 166 valence electrons. The molecule has 2 unspecified atom stereocenters. The van der Waals surface area contributed by atoms with Gasteiger partial charge in [-0.25, -0.2) is 0 Å². The zero-order valence-electron chi connectivity index (χ0n) is 17.9. The lowest BCUT2D eigenvalue weighted by Crippen LogP contribution is -2.64. The van der Waals surface area contributed by atoms with Crippen molar-refractivity contribution < 1.29 is 29.6 Å². The van der Waals surface area contributed by atoms with Gasteiger partial charge in [0.05, 0.1) is 17.8 Å². The van der Waals surface area contributed by atoms with E-state index in [-0.39, 0.29) is 30.8 Å². The number of hydrogen-bond acceptors (Lipinski definition) is 5. The van der Waals surface area contributed by atoms with E-state index in [0.717, 1.165) is 12.2 Å². The molecule has 2 saturated carbocycles. The van der Waals surface area contributed by atoms with Crippen LogP contribution in [-0.2, 0) is 9.53 Å². The highest BCUT2D eigenvalue weighted by molar-refractivity contribution is 5.66. The van der Waals surface area contributed by atoms with E-state index in [4.69, 9.17) is 14.6 Å². The fraction of sp³-hybridized carbons (Fsp3) is 0.625. The molecule has 0 radical (unpaired) electrons. The number of aliphatic carboxylic acids is 1. The number of hydrogen-bond donors (Lipinski definition) is 3. The first-order valence-electron chi connectivity index (χ1n) is 10.9. The SMILES string of the molecule is CO[C@@]12CC[C@H](O)[C@@H](CCC(O)COc3ccccc3)[C@@H]1C(C)C2=CCCC(=O)O. The first-order valence-corrected chi connectivity index (χ1v) is 10.9. The van der Waals surface area contributed by atoms with Crippen molar-refractivity contribution in [3.05, 3.63) is 42.0 Å². The summed E-state index contributed by atoms with van der Waals surface area (Å²) in [6.07, 6.45) is 4.26. The Bertz CT molecular complexity index is 732. The number of carbonyl (C=O) groups is 1. The number of allylic oxidation sites excluding steroid dienone is 1. The Morgan fingerprint density at radius 1 is 1.33 bits per heavy atom. The van der Waals surface area contributed by atoms with Crippen LogP contribution in [0.5, 0.6) is 5.75 Å². The number of ether oxygens (including phenoxy) is 2. The van der Waals surface area contributed by atoms with Crippen LogP contribution in [0.15, 0.2) is 42.0 Å². The van der Waals surface area contributed by atoms with E-state index >= 15 is 0 Å². The van der Waals surface area contributed by atoms with Gasteiger partial charge in [0.2, 0.25) is 0 Å². The molecule has 1 aromatic carbocycles. The Morgan fingerprint density at radius 2 is 2.07 bits per heavy atom. The van der Waals surface area contributed by atoms with Crippen molar-refractivity contribution in [2.24, 2.45) is 17.8 Å². The van der Waals surface area contributed by atoms with Gasteiger partial charge in [0.15, 0.2) is 0 Å². The van der Waals surface area contributed by atoms with Crippen LogP contribution in [0, 0.1) is 17.8 Å². The third-order valence-corrected chi connectivity index (χ3v) is 6.93. The Kier molecular flexibility index (Phi) is 7.55. The number of aliphatic hydroxyl groups excluding tert-OH is 2. The maximum absolute atomic E-state index is 10.9. The molecule has 6 atom stereocenters. The van der Waals surface area contributed by atoms with Gasteiger partial charge in [-0.1, -0.05) is 31.2 Å². The van der Waals surface area contributed by atoms with E-state index < -0.39 is 23.8 Å². The minimum Gasteiger partial charge on any atom is -0.491 e. The molecule has 0 aliphatic heterocycles. The van der Waals surface area contributed by atoms with Gasteiger partial charge in [-0.05, 0) is 61.6 Å². The summed E-state index contributed by atoms with van der Waals surface area (Å²) in [4.78, 5) is 10.9. The second-order valence-electron chi connectivity index (χ2n) is 8.63. The van der Waals surface area contributed by atoms with E-state index in [0.29, 0.717) is 25.7 Å². The largest absolute Gasteiger partial charge is 0.491 e. The van der Waals surface area contributed by atoms with Crippen molar-refractivity contribution in [1.29, 1.82) is 0 Å².